The molecule has 3 nitrogen and oxygen atoms in total. The summed E-state index contributed by atoms with van der Waals surface area (Å²) >= 11 is 5.12. The number of thiophene rings is 1. The van der Waals surface area contributed by atoms with Crippen LogP contribution in [0.2, 0.25) is 0 Å². The minimum absolute atomic E-state index is 0.0624. The minimum Gasteiger partial charge on any atom is -0.359 e. The van der Waals surface area contributed by atoms with Crippen LogP contribution in [-0.4, -0.2) is 19.5 Å². The molecule has 0 aliphatic rings. The van der Waals surface area contributed by atoms with Gasteiger partial charge in [0.05, 0.1) is 5.41 Å². The van der Waals surface area contributed by atoms with Gasteiger partial charge in [-0.2, -0.15) is 0 Å². The first-order valence-corrected chi connectivity index (χ1v) is 6.79. The molecule has 16 heavy (non-hydrogen) atoms. The quantitative estimate of drug-likeness (QED) is 0.877. The maximum Gasteiger partial charge on any atom is 0.226 e. The van der Waals surface area contributed by atoms with Gasteiger partial charge in [-0.05, 0) is 35.8 Å². The van der Waals surface area contributed by atoms with Crippen LogP contribution in [0.5, 0.6) is 0 Å². The molecule has 0 aliphatic carbocycles. The van der Waals surface area contributed by atoms with Crippen LogP contribution >= 0.6 is 27.3 Å². The molecule has 90 valence electrons. The van der Waals surface area contributed by atoms with Gasteiger partial charge in [-0.3, -0.25) is 4.79 Å². The zero-order chi connectivity index (χ0) is 12.2. The predicted molar refractivity (Wildman–Crippen MR) is 71.6 cm³/mol. The van der Waals surface area contributed by atoms with E-state index >= 15 is 0 Å². The Morgan fingerprint density at radius 3 is 2.75 bits per heavy atom. The Kier molecular flexibility index (Phi) is 4.95. The average Bonchev–Trinajstić information content (AvgIpc) is 2.62. The Morgan fingerprint density at radius 2 is 2.25 bits per heavy atom. The third-order valence-electron chi connectivity index (χ3n) is 2.33. The number of hydrogen-bond donors (Lipinski definition) is 2. The van der Waals surface area contributed by atoms with Crippen molar-refractivity contribution in [2.45, 2.75) is 20.4 Å². The van der Waals surface area contributed by atoms with Gasteiger partial charge in [-0.15, -0.1) is 11.3 Å². The molecular weight excluding hydrogens is 288 g/mol. The summed E-state index contributed by atoms with van der Waals surface area (Å²) in [6.45, 7) is 5.34. The van der Waals surface area contributed by atoms with Crippen molar-refractivity contribution < 1.29 is 4.79 Å². The predicted octanol–water partition coefficient (Wildman–Crippen LogP) is 2.37. The zero-order valence-electron chi connectivity index (χ0n) is 9.76. The number of nitrogens with one attached hydrogen (secondary N) is 2. The molecule has 1 aromatic heterocycles. The van der Waals surface area contributed by atoms with Crippen LogP contribution in [0, 0.1) is 5.41 Å². The lowest BCUT2D eigenvalue weighted by Gasteiger charge is -2.22. The summed E-state index contributed by atoms with van der Waals surface area (Å²) in [5.41, 5.74) is -0.372. The van der Waals surface area contributed by atoms with Gasteiger partial charge in [-0.1, -0.05) is 0 Å². The fraction of sp³-hybridized carbons (Fsp3) is 0.545. The van der Waals surface area contributed by atoms with E-state index < -0.39 is 0 Å². The summed E-state index contributed by atoms with van der Waals surface area (Å²) in [6.07, 6.45) is 0. The van der Waals surface area contributed by atoms with Crippen LogP contribution < -0.4 is 10.6 Å². The van der Waals surface area contributed by atoms with Crippen molar-refractivity contribution in [3.8, 4) is 0 Å². The summed E-state index contributed by atoms with van der Waals surface area (Å²) in [6, 6.07) is 2.09. The zero-order valence-corrected chi connectivity index (χ0v) is 12.2. The molecule has 0 spiro atoms. The lowest BCUT2D eigenvalue weighted by atomic mass is 9.92. The monoisotopic (exact) mass is 304 g/mol. The topological polar surface area (TPSA) is 41.1 Å². The lowest BCUT2D eigenvalue weighted by molar-refractivity contribution is -0.128. The summed E-state index contributed by atoms with van der Waals surface area (Å²) in [4.78, 5) is 12.8. The summed E-state index contributed by atoms with van der Waals surface area (Å²) in [5, 5.41) is 8.03. The maximum absolute atomic E-state index is 11.5. The molecule has 1 aromatic rings. The van der Waals surface area contributed by atoms with E-state index in [9.17, 15) is 4.79 Å². The normalized spacial score (nSPS) is 11.5. The van der Waals surface area contributed by atoms with Crippen molar-refractivity contribution in [2.75, 3.05) is 13.6 Å². The standard InChI is InChI=1S/C11H17BrN2OS/c1-11(2,10(15)13-3)7-14-5-9-4-8(12)6-16-9/h4,6,14H,5,7H2,1-3H3,(H,13,15). The molecule has 0 aliphatic heterocycles. The van der Waals surface area contributed by atoms with Crippen molar-refractivity contribution in [3.05, 3.63) is 20.8 Å². The minimum atomic E-state index is -0.372. The molecule has 5 heteroatoms. The van der Waals surface area contributed by atoms with Gasteiger partial charge >= 0.3 is 0 Å². The van der Waals surface area contributed by atoms with E-state index in [-0.39, 0.29) is 11.3 Å². The number of carbonyl (C=O) groups is 1. The van der Waals surface area contributed by atoms with Gasteiger partial charge in [0.25, 0.3) is 0 Å². The van der Waals surface area contributed by atoms with Crippen molar-refractivity contribution in [1.82, 2.24) is 10.6 Å². The van der Waals surface area contributed by atoms with Crippen LogP contribution in [0.3, 0.4) is 0 Å². The third kappa shape index (κ3) is 3.88. The molecule has 0 aromatic carbocycles. The highest BCUT2D eigenvalue weighted by atomic mass is 79.9. The van der Waals surface area contributed by atoms with Crippen LogP contribution in [0.25, 0.3) is 0 Å². The molecule has 0 unspecified atom stereocenters. The summed E-state index contributed by atoms with van der Waals surface area (Å²) < 4.78 is 1.11. The SMILES string of the molecule is CNC(=O)C(C)(C)CNCc1cc(Br)cs1. The van der Waals surface area contributed by atoms with Crippen molar-refractivity contribution in [2.24, 2.45) is 5.41 Å². The van der Waals surface area contributed by atoms with Gasteiger partial charge in [-0.25, -0.2) is 0 Å². The van der Waals surface area contributed by atoms with Crippen molar-refractivity contribution >= 4 is 33.2 Å². The van der Waals surface area contributed by atoms with Gasteiger partial charge in [0.1, 0.15) is 0 Å². The van der Waals surface area contributed by atoms with Crippen molar-refractivity contribution in [3.63, 3.8) is 0 Å². The molecule has 0 bridgehead atoms. The lowest BCUT2D eigenvalue weighted by Crippen LogP contribution is -2.41. The highest BCUT2D eigenvalue weighted by Gasteiger charge is 2.25. The number of hydrogen-bond acceptors (Lipinski definition) is 3. The number of carbonyl (C=O) groups excluding carboxylic acids is 1. The highest BCUT2D eigenvalue weighted by molar-refractivity contribution is 9.10. The van der Waals surface area contributed by atoms with E-state index in [0.717, 1.165) is 11.0 Å². The largest absolute Gasteiger partial charge is 0.359 e. The van der Waals surface area contributed by atoms with Gasteiger partial charge in [0, 0.05) is 34.9 Å². The van der Waals surface area contributed by atoms with Crippen LogP contribution in [-0.2, 0) is 11.3 Å². The average molecular weight is 305 g/mol. The molecule has 0 atom stereocenters. The highest BCUT2D eigenvalue weighted by Crippen LogP contribution is 2.20. The number of rotatable bonds is 5. The Hall–Kier alpha value is -0.390. The number of halogens is 1. The van der Waals surface area contributed by atoms with E-state index in [0.29, 0.717) is 6.54 Å². The maximum atomic E-state index is 11.5. The Labute approximate surface area is 109 Å². The first-order chi connectivity index (χ1) is 7.45. The van der Waals surface area contributed by atoms with Gasteiger partial charge in [0.2, 0.25) is 5.91 Å². The molecule has 0 saturated heterocycles. The first kappa shape index (κ1) is 13.7. The Morgan fingerprint density at radius 1 is 1.56 bits per heavy atom. The molecule has 0 radical (unpaired) electrons. The molecular formula is C11H17BrN2OS. The Bertz CT molecular complexity index is 363. The first-order valence-electron chi connectivity index (χ1n) is 5.11. The van der Waals surface area contributed by atoms with E-state index in [1.807, 2.05) is 13.8 Å². The fourth-order valence-corrected chi connectivity index (χ4v) is 2.78. The van der Waals surface area contributed by atoms with Crippen LogP contribution in [0.1, 0.15) is 18.7 Å². The second-order valence-electron chi connectivity index (χ2n) is 4.30. The molecule has 0 saturated carbocycles. The number of amides is 1. The van der Waals surface area contributed by atoms with Crippen LogP contribution in [0.15, 0.2) is 15.9 Å². The van der Waals surface area contributed by atoms with E-state index in [4.69, 9.17) is 0 Å². The van der Waals surface area contributed by atoms with Gasteiger partial charge in [0.15, 0.2) is 0 Å². The smallest absolute Gasteiger partial charge is 0.226 e. The van der Waals surface area contributed by atoms with Gasteiger partial charge < -0.3 is 10.6 Å². The molecule has 1 heterocycles. The Balaban J connectivity index is 2.38. The van der Waals surface area contributed by atoms with E-state index in [1.54, 1.807) is 18.4 Å². The molecule has 1 rings (SSSR count). The second kappa shape index (κ2) is 5.80. The van der Waals surface area contributed by atoms with Crippen LogP contribution in [0.4, 0.5) is 0 Å². The second-order valence-corrected chi connectivity index (χ2v) is 6.21. The molecule has 1 amide bonds. The van der Waals surface area contributed by atoms with Crippen molar-refractivity contribution in [1.29, 1.82) is 0 Å². The summed E-state index contributed by atoms with van der Waals surface area (Å²) in [7, 11) is 1.67. The molecule has 0 fully saturated rings. The third-order valence-corrected chi connectivity index (χ3v) is 4.03. The molecule has 2 N–H and O–H groups in total. The summed E-state index contributed by atoms with van der Waals surface area (Å²) in [5.74, 6) is 0.0624. The van der Waals surface area contributed by atoms with E-state index in [1.165, 1.54) is 4.88 Å². The van der Waals surface area contributed by atoms with E-state index in [2.05, 4.69) is 38.0 Å². The fourth-order valence-electron chi connectivity index (χ4n) is 1.36.